The molecular formula is C16H16ClN7O. The lowest BCUT2D eigenvalue weighted by molar-refractivity contribution is -0.115. The molecule has 0 unspecified atom stereocenters. The highest BCUT2D eigenvalue weighted by Gasteiger charge is 2.23. The topological polar surface area (TPSA) is 99.7 Å². The van der Waals surface area contributed by atoms with Gasteiger partial charge in [-0.25, -0.2) is 9.97 Å². The van der Waals surface area contributed by atoms with Gasteiger partial charge in [0.05, 0.1) is 18.4 Å². The third-order valence-corrected chi connectivity index (χ3v) is 3.90. The van der Waals surface area contributed by atoms with E-state index in [4.69, 9.17) is 0 Å². The van der Waals surface area contributed by atoms with Crippen molar-refractivity contribution in [3.05, 3.63) is 36.8 Å². The summed E-state index contributed by atoms with van der Waals surface area (Å²) in [5.41, 5.74) is 2.65. The molecule has 4 rings (SSSR count). The molecule has 8 nitrogen and oxygen atoms in total. The molecule has 25 heavy (non-hydrogen) atoms. The zero-order chi connectivity index (χ0) is 16.5. The van der Waals surface area contributed by atoms with E-state index in [-0.39, 0.29) is 18.3 Å². The summed E-state index contributed by atoms with van der Waals surface area (Å²) in [6.45, 7) is 2.98. The smallest absolute Gasteiger partial charge is 0.245 e. The van der Waals surface area contributed by atoms with E-state index in [9.17, 15) is 4.79 Å². The lowest BCUT2D eigenvalue weighted by atomic mass is 10.1. The van der Waals surface area contributed by atoms with E-state index in [1.54, 1.807) is 12.5 Å². The number of nitrogens with one attached hydrogen (secondary N) is 2. The summed E-state index contributed by atoms with van der Waals surface area (Å²) in [7, 11) is 0. The minimum absolute atomic E-state index is 0. The van der Waals surface area contributed by atoms with E-state index in [1.807, 2.05) is 36.1 Å². The van der Waals surface area contributed by atoms with Crippen molar-refractivity contribution in [2.24, 2.45) is 0 Å². The Morgan fingerprint density at radius 2 is 1.96 bits per heavy atom. The molecule has 0 atom stereocenters. The van der Waals surface area contributed by atoms with Gasteiger partial charge in [-0.1, -0.05) is 24.3 Å². The first-order valence-electron chi connectivity index (χ1n) is 7.63. The minimum atomic E-state index is -0.0668. The highest BCUT2D eigenvalue weighted by Crippen LogP contribution is 2.28. The standard InChI is InChI=1S/C16H15N7O.ClH/c1-2-23-8-13(24)21-15-16(23)20-12(7-17-15)10-3-5-11(6-4-10)14-18-9-19-22-14;/h3-7,9H,2,8H2,1H3,(H,17,21,24)(H,18,19,22);1H. The van der Waals surface area contributed by atoms with Crippen LogP contribution < -0.4 is 10.2 Å². The summed E-state index contributed by atoms with van der Waals surface area (Å²) in [5, 5.41) is 10.5. The van der Waals surface area contributed by atoms with Gasteiger partial charge in [-0.3, -0.25) is 4.79 Å². The third kappa shape index (κ3) is 3.16. The predicted octanol–water partition coefficient (Wildman–Crippen LogP) is 2.13. The van der Waals surface area contributed by atoms with Gasteiger partial charge >= 0.3 is 0 Å². The van der Waals surface area contributed by atoms with Crippen LogP contribution in [0.4, 0.5) is 11.6 Å². The summed E-state index contributed by atoms with van der Waals surface area (Å²) in [6.07, 6.45) is 3.22. The van der Waals surface area contributed by atoms with Crippen molar-refractivity contribution in [2.45, 2.75) is 6.92 Å². The SMILES string of the molecule is CCN1CC(=O)Nc2ncc(-c3ccc(-c4nnc[nH]4)cc3)nc21.Cl. The van der Waals surface area contributed by atoms with Crippen LogP contribution in [-0.2, 0) is 4.79 Å². The molecule has 0 bridgehead atoms. The predicted molar refractivity (Wildman–Crippen MR) is 96.6 cm³/mol. The number of aromatic nitrogens is 5. The summed E-state index contributed by atoms with van der Waals surface area (Å²) in [6, 6.07) is 7.84. The number of nitrogens with zero attached hydrogens (tertiary/aromatic N) is 5. The first-order valence-corrected chi connectivity index (χ1v) is 7.63. The van der Waals surface area contributed by atoms with Crippen molar-refractivity contribution in [1.29, 1.82) is 0 Å². The third-order valence-electron chi connectivity index (χ3n) is 3.90. The highest BCUT2D eigenvalue weighted by atomic mass is 35.5. The quantitative estimate of drug-likeness (QED) is 0.744. The Hall–Kier alpha value is -3.00. The number of hydrogen-bond acceptors (Lipinski definition) is 6. The molecule has 9 heteroatoms. The zero-order valence-corrected chi connectivity index (χ0v) is 14.2. The second-order valence-electron chi connectivity index (χ2n) is 5.40. The number of fused-ring (bicyclic) bond motifs is 1. The average molecular weight is 358 g/mol. The molecule has 0 radical (unpaired) electrons. The molecule has 0 saturated carbocycles. The van der Waals surface area contributed by atoms with Crippen molar-refractivity contribution in [3.8, 4) is 22.6 Å². The number of H-pyrrole nitrogens is 1. The molecule has 1 aromatic carbocycles. The highest BCUT2D eigenvalue weighted by molar-refractivity contribution is 5.99. The molecule has 0 saturated heterocycles. The number of amides is 1. The Labute approximate surface area is 150 Å². The summed E-state index contributed by atoms with van der Waals surface area (Å²) >= 11 is 0. The first kappa shape index (κ1) is 16.8. The fraction of sp³-hybridized carbons (Fsp3) is 0.188. The van der Waals surface area contributed by atoms with Gasteiger partial charge in [-0.15, -0.1) is 22.6 Å². The van der Waals surface area contributed by atoms with Crippen molar-refractivity contribution in [3.63, 3.8) is 0 Å². The summed E-state index contributed by atoms with van der Waals surface area (Å²) in [5.74, 6) is 1.87. The van der Waals surface area contributed by atoms with Gasteiger partial charge in [0, 0.05) is 17.7 Å². The molecule has 3 aromatic rings. The van der Waals surface area contributed by atoms with Gasteiger partial charge in [0.1, 0.15) is 6.33 Å². The number of rotatable bonds is 3. The monoisotopic (exact) mass is 357 g/mol. The molecule has 0 fully saturated rings. The largest absolute Gasteiger partial charge is 0.344 e. The van der Waals surface area contributed by atoms with Crippen molar-refractivity contribution >= 4 is 29.9 Å². The lowest BCUT2D eigenvalue weighted by Crippen LogP contribution is -2.39. The summed E-state index contributed by atoms with van der Waals surface area (Å²) < 4.78 is 0. The van der Waals surface area contributed by atoms with Crippen LogP contribution in [0.1, 0.15) is 6.92 Å². The van der Waals surface area contributed by atoms with Crippen molar-refractivity contribution in [1.82, 2.24) is 25.1 Å². The maximum atomic E-state index is 11.7. The normalized spacial score (nSPS) is 13.0. The van der Waals surface area contributed by atoms with Crippen LogP contribution in [0.25, 0.3) is 22.6 Å². The number of hydrogen-bond donors (Lipinski definition) is 2. The fourth-order valence-electron chi connectivity index (χ4n) is 2.65. The number of halogens is 1. The molecule has 1 amide bonds. The van der Waals surface area contributed by atoms with Gasteiger partial charge in [-0.2, -0.15) is 0 Å². The molecule has 2 N–H and O–H groups in total. The number of likely N-dealkylation sites (N-methyl/N-ethyl adjacent to an activating group) is 1. The van der Waals surface area contributed by atoms with Crippen LogP contribution in [0.3, 0.4) is 0 Å². The van der Waals surface area contributed by atoms with Gasteiger partial charge in [-0.05, 0) is 6.92 Å². The maximum absolute atomic E-state index is 11.7. The Balaban J connectivity index is 0.00000182. The first-order chi connectivity index (χ1) is 11.7. The average Bonchev–Trinajstić information content (AvgIpc) is 3.15. The number of carbonyl (C=O) groups excluding carboxylic acids is 1. The Bertz CT molecular complexity index is 880. The van der Waals surface area contributed by atoms with E-state index < -0.39 is 0 Å². The Morgan fingerprint density at radius 1 is 1.20 bits per heavy atom. The molecule has 0 spiro atoms. The zero-order valence-electron chi connectivity index (χ0n) is 13.4. The molecule has 128 valence electrons. The lowest BCUT2D eigenvalue weighted by Gasteiger charge is -2.27. The van der Waals surface area contributed by atoms with Gasteiger partial charge < -0.3 is 15.2 Å². The second kappa shape index (κ2) is 6.86. The number of carbonyl (C=O) groups is 1. The van der Waals surface area contributed by atoms with Crippen molar-refractivity contribution in [2.75, 3.05) is 23.3 Å². The van der Waals surface area contributed by atoms with Crippen LogP contribution in [0.15, 0.2) is 36.8 Å². The second-order valence-corrected chi connectivity index (χ2v) is 5.40. The van der Waals surface area contributed by atoms with Gasteiger partial charge in [0.25, 0.3) is 0 Å². The van der Waals surface area contributed by atoms with Crippen LogP contribution in [0.2, 0.25) is 0 Å². The molecule has 0 aliphatic carbocycles. The van der Waals surface area contributed by atoms with Crippen LogP contribution in [0.5, 0.6) is 0 Å². The number of anilines is 2. The number of aromatic amines is 1. The van der Waals surface area contributed by atoms with E-state index in [1.165, 1.54) is 0 Å². The van der Waals surface area contributed by atoms with E-state index in [0.29, 0.717) is 24.7 Å². The molecule has 2 aromatic heterocycles. The van der Waals surface area contributed by atoms with Crippen LogP contribution >= 0.6 is 12.4 Å². The molecule has 1 aliphatic rings. The van der Waals surface area contributed by atoms with Crippen LogP contribution in [-0.4, -0.2) is 44.1 Å². The number of benzene rings is 1. The maximum Gasteiger partial charge on any atom is 0.245 e. The molecular weight excluding hydrogens is 342 g/mol. The van der Waals surface area contributed by atoms with Gasteiger partial charge in [0.2, 0.25) is 5.91 Å². The van der Waals surface area contributed by atoms with E-state index in [2.05, 4.69) is 30.5 Å². The summed E-state index contributed by atoms with van der Waals surface area (Å²) in [4.78, 5) is 25.6. The molecule has 1 aliphatic heterocycles. The van der Waals surface area contributed by atoms with Crippen LogP contribution in [0, 0.1) is 0 Å². The van der Waals surface area contributed by atoms with E-state index >= 15 is 0 Å². The Morgan fingerprint density at radius 3 is 2.64 bits per heavy atom. The van der Waals surface area contributed by atoms with Crippen molar-refractivity contribution < 1.29 is 4.79 Å². The fourth-order valence-corrected chi connectivity index (χ4v) is 2.65. The Kier molecular flexibility index (Phi) is 4.62. The van der Waals surface area contributed by atoms with E-state index in [0.717, 1.165) is 22.6 Å². The minimum Gasteiger partial charge on any atom is -0.344 e. The van der Waals surface area contributed by atoms with Gasteiger partial charge in [0.15, 0.2) is 17.5 Å². The molecule has 3 heterocycles.